The number of hydrogen-bond donors (Lipinski definition) is 1. The lowest BCUT2D eigenvalue weighted by Gasteiger charge is -2.32. The number of rotatable bonds is 4. The number of amides is 1. The molecular formula is C16H21FN2O4S. The van der Waals surface area contributed by atoms with Crippen LogP contribution in [-0.4, -0.2) is 50.0 Å². The number of benzene rings is 1. The number of nitrogens with zero attached hydrogens (tertiary/aromatic N) is 1. The van der Waals surface area contributed by atoms with Gasteiger partial charge in [0.25, 0.3) is 0 Å². The highest BCUT2D eigenvalue weighted by Crippen LogP contribution is 2.34. The van der Waals surface area contributed by atoms with E-state index in [1.165, 1.54) is 16.4 Å². The minimum Gasteiger partial charge on any atom is -0.371 e. The number of carbonyl (C=O) groups is 1. The Labute approximate surface area is 141 Å². The first-order valence-electron chi connectivity index (χ1n) is 7.99. The summed E-state index contributed by atoms with van der Waals surface area (Å²) in [5, 5.41) is 2.86. The molecule has 0 spiro atoms. The molecule has 2 aliphatic heterocycles. The second-order valence-electron chi connectivity index (χ2n) is 6.58. The lowest BCUT2D eigenvalue weighted by molar-refractivity contribution is -0.127. The lowest BCUT2D eigenvalue weighted by Crippen LogP contribution is -2.48. The van der Waals surface area contributed by atoms with E-state index in [1.54, 1.807) is 0 Å². The second-order valence-corrected chi connectivity index (χ2v) is 8.52. The smallest absolute Gasteiger partial charge is 0.243 e. The van der Waals surface area contributed by atoms with Crippen molar-refractivity contribution in [2.45, 2.75) is 43.4 Å². The summed E-state index contributed by atoms with van der Waals surface area (Å²) in [5.74, 6) is -0.925. The van der Waals surface area contributed by atoms with Crippen molar-refractivity contribution in [3.8, 4) is 0 Å². The summed E-state index contributed by atoms with van der Waals surface area (Å²) in [6.45, 7) is 4.10. The monoisotopic (exact) mass is 356 g/mol. The van der Waals surface area contributed by atoms with E-state index in [1.807, 2.05) is 13.8 Å². The van der Waals surface area contributed by atoms with E-state index in [0.29, 0.717) is 6.42 Å². The molecule has 0 unspecified atom stereocenters. The molecule has 6 nitrogen and oxygen atoms in total. The zero-order chi connectivity index (χ0) is 17.5. The number of nitrogens with one attached hydrogen (secondary N) is 1. The van der Waals surface area contributed by atoms with Crippen LogP contribution in [0.15, 0.2) is 29.2 Å². The van der Waals surface area contributed by atoms with Gasteiger partial charge in [0.2, 0.25) is 15.9 Å². The molecule has 1 aromatic carbocycles. The highest BCUT2D eigenvalue weighted by atomic mass is 32.2. The van der Waals surface area contributed by atoms with E-state index in [9.17, 15) is 17.6 Å². The van der Waals surface area contributed by atoms with Crippen molar-refractivity contribution in [2.75, 3.05) is 13.1 Å². The number of morpholine rings is 1. The SMILES string of the molecule is CC(C)NC(=O)[C@H]1C[C@@H]2CN(S(=O)(=O)c3ccc(F)cc3)C[C@H]1O2. The van der Waals surface area contributed by atoms with Gasteiger partial charge in [0.05, 0.1) is 23.0 Å². The van der Waals surface area contributed by atoms with Crippen LogP contribution in [0.1, 0.15) is 20.3 Å². The zero-order valence-corrected chi connectivity index (χ0v) is 14.4. The maximum Gasteiger partial charge on any atom is 0.243 e. The van der Waals surface area contributed by atoms with Crippen LogP contribution in [0.2, 0.25) is 0 Å². The van der Waals surface area contributed by atoms with Gasteiger partial charge in [0.1, 0.15) is 5.82 Å². The number of halogens is 1. The third-order valence-corrected chi connectivity index (χ3v) is 6.19. The van der Waals surface area contributed by atoms with Gasteiger partial charge in [-0.1, -0.05) is 0 Å². The fourth-order valence-electron chi connectivity index (χ4n) is 3.24. The molecule has 132 valence electrons. The fourth-order valence-corrected chi connectivity index (χ4v) is 4.73. The van der Waals surface area contributed by atoms with Crippen molar-refractivity contribution in [3.05, 3.63) is 30.1 Å². The van der Waals surface area contributed by atoms with Gasteiger partial charge in [0, 0.05) is 19.1 Å². The van der Waals surface area contributed by atoms with Gasteiger partial charge < -0.3 is 10.1 Å². The molecule has 2 fully saturated rings. The number of carbonyl (C=O) groups excluding carboxylic acids is 1. The van der Waals surface area contributed by atoms with Gasteiger partial charge in [0.15, 0.2) is 0 Å². The summed E-state index contributed by atoms with van der Waals surface area (Å²) in [5.41, 5.74) is 0. The van der Waals surface area contributed by atoms with Crippen LogP contribution in [0.25, 0.3) is 0 Å². The summed E-state index contributed by atoms with van der Waals surface area (Å²) in [6, 6.07) is 4.79. The summed E-state index contributed by atoms with van der Waals surface area (Å²) in [7, 11) is -3.72. The Bertz CT molecular complexity index is 720. The molecule has 3 rings (SSSR count). The van der Waals surface area contributed by atoms with Gasteiger partial charge in [-0.2, -0.15) is 4.31 Å². The van der Waals surface area contributed by atoms with Crippen LogP contribution in [0, 0.1) is 11.7 Å². The molecule has 24 heavy (non-hydrogen) atoms. The van der Waals surface area contributed by atoms with Gasteiger partial charge in [-0.15, -0.1) is 0 Å². The number of hydrogen-bond acceptors (Lipinski definition) is 4. The van der Waals surface area contributed by atoms with Crippen LogP contribution < -0.4 is 5.32 Å². The molecule has 2 saturated heterocycles. The van der Waals surface area contributed by atoms with Gasteiger partial charge in [-0.25, -0.2) is 12.8 Å². The maximum absolute atomic E-state index is 13.0. The van der Waals surface area contributed by atoms with Crippen LogP contribution in [0.4, 0.5) is 4.39 Å². The zero-order valence-electron chi connectivity index (χ0n) is 13.6. The van der Waals surface area contributed by atoms with Crippen LogP contribution in [-0.2, 0) is 19.6 Å². The third-order valence-electron chi connectivity index (χ3n) is 4.34. The van der Waals surface area contributed by atoms with Crippen LogP contribution in [0.3, 0.4) is 0 Å². The standard InChI is InChI=1S/C16H21FN2O4S/c1-10(2)18-16(20)14-7-12-8-19(9-15(14)23-12)24(21,22)13-5-3-11(17)4-6-13/h3-6,10,12,14-15H,7-9H2,1-2H3,(H,18,20)/t12-,14+,15-/m1/s1. The molecule has 1 N–H and O–H groups in total. The van der Waals surface area contributed by atoms with E-state index < -0.39 is 21.9 Å². The van der Waals surface area contributed by atoms with Crippen molar-refractivity contribution in [1.82, 2.24) is 9.62 Å². The van der Waals surface area contributed by atoms with Crippen molar-refractivity contribution >= 4 is 15.9 Å². The lowest BCUT2D eigenvalue weighted by atomic mass is 9.99. The molecule has 1 amide bonds. The molecule has 0 aliphatic carbocycles. The summed E-state index contributed by atoms with van der Waals surface area (Å²) in [6.07, 6.45) is -0.224. The Morgan fingerprint density at radius 2 is 1.96 bits per heavy atom. The normalized spacial score (nSPS) is 27.4. The quantitative estimate of drug-likeness (QED) is 0.877. The van der Waals surface area contributed by atoms with Crippen molar-refractivity contribution in [1.29, 1.82) is 0 Å². The van der Waals surface area contributed by atoms with Crippen LogP contribution in [0.5, 0.6) is 0 Å². The minimum absolute atomic E-state index is 0.0250. The summed E-state index contributed by atoms with van der Waals surface area (Å²) in [4.78, 5) is 12.3. The Morgan fingerprint density at radius 3 is 2.58 bits per heavy atom. The highest BCUT2D eigenvalue weighted by molar-refractivity contribution is 7.89. The Balaban J connectivity index is 1.76. The maximum atomic E-state index is 13.0. The molecule has 2 bridgehead atoms. The average Bonchev–Trinajstić information content (AvgIpc) is 2.81. The Morgan fingerprint density at radius 1 is 1.29 bits per heavy atom. The minimum atomic E-state index is -3.72. The molecule has 2 aliphatic rings. The van der Waals surface area contributed by atoms with Gasteiger partial charge in [-0.3, -0.25) is 4.79 Å². The topological polar surface area (TPSA) is 75.7 Å². The molecule has 1 aromatic rings. The van der Waals surface area contributed by atoms with E-state index in [4.69, 9.17) is 4.74 Å². The number of ether oxygens (including phenoxy) is 1. The van der Waals surface area contributed by atoms with Gasteiger partial charge >= 0.3 is 0 Å². The fraction of sp³-hybridized carbons (Fsp3) is 0.562. The molecule has 0 radical (unpaired) electrons. The van der Waals surface area contributed by atoms with E-state index in [0.717, 1.165) is 12.1 Å². The van der Waals surface area contributed by atoms with E-state index in [-0.39, 0.29) is 42.0 Å². The second kappa shape index (κ2) is 6.42. The number of sulfonamides is 1. The molecular weight excluding hydrogens is 335 g/mol. The predicted octanol–water partition coefficient (Wildman–Crippen LogP) is 1.13. The first kappa shape index (κ1) is 17.3. The highest BCUT2D eigenvalue weighted by Gasteiger charge is 2.47. The Kier molecular flexibility index (Phi) is 4.63. The predicted molar refractivity (Wildman–Crippen MR) is 85.2 cm³/mol. The molecule has 0 aromatic heterocycles. The molecule has 0 saturated carbocycles. The molecule has 8 heteroatoms. The molecule has 2 heterocycles. The van der Waals surface area contributed by atoms with E-state index >= 15 is 0 Å². The largest absolute Gasteiger partial charge is 0.371 e. The van der Waals surface area contributed by atoms with Crippen molar-refractivity contribution < 1.29 is 22.3 Å². The first-order valence-corrected chi connectivity index (χ1v) is 9.43. The first-order chi connectivity index (χ1) is 11.3. The third kappa shape index (κ3) is 3.31. The van der Waals surface area contributed by atoms with E-state index in [2.05, 4.69) is 5.32 Å². The summed E-state index contributed by atoms with van der Waals surface area (Å²) >= 11 is 0. The Hall–Kier alpha value is -1.51. The number of fused-ring (bicyclic) bond motifs is 2. The molecule has 3 atom stereocenters. The van der Waals surface area contributed by atoms with Gasteiger partial charge in [-0.05, 0) is 44.5 Å². The summed E-state index contributed by atoms with van der Waals surface area (Å²) < 4.78 is 45.6. The average molecular weight is 356 g/mol. The van der Waals surface area contributed by atoms with Crippen molar-refractivity contribution in [2.24, 2.45) is 5.92 Å². The van der Waals surface area contributed by atoms with Crippen molar-refractivity contribution in [3.63, 3.8) is 0 Å². The van der Waals surface area contributed by atoms with Crippen LogP contribution >= 0.6 is 0 Å².